The Morgan fingerprint density at radius 2 is 1.58 bits per heavy atom. The molecule has 0 saturated heterocycles. The number of aliphatic hydroxyl groups is 1. The van der Waals surface area contributed by atoms with Crippen LogP contribution in [0.1, 0.15) is 52.7 Å². The molecule has 0 aliphatic heterocycles. The normalized spacial score (nSPS) is 7.74. The van der Waals surface area contributed by atoms with Gasteiger partial charge in [0.2, 0.25) is 0 Å². The molecule has 0 bridgehead atoms. The van der Waals surface area contributed by atoms with Gasteiger partial charge in [0.1, 0.15) is 0 Å². The Kier molecular flexibility index (Phi) is 31.4. The number of hydrogen-bond acceptors (Lipinski definition) is 3. The fraction of sp³-hybridized carbons (Fsp3) is 0.733. The first-order valence-corrected chi connectivity index (χ1v) is 5.85. The second-order valence-corrected chi connectivity index (χ2v) is 3.68. The minimum atomic E-state index is 0. The maximum absolute atomic E-state index is 8.68. The van der Waals surface area contributed by atoms with E-state index >= 15 is 0 Å². The average Bonchev–Trinajstić information content (AvgIpc) is 2.32. The van der Waals surface area contributed by atoms with E-state index in [-0.39, 0.29) is 44.1 Å². The molecule has 0 aliphatic rings. The van der Waals surface area contributed by atoms with Crippen LogP contribution in [0.2, 0.25) is 0 Å². The summed E-state index contributed by atoms with van der Waals surface area (Å²) in [7, 11) is 0. The molecule has 0 saturated carbocycles. The molecule has 0 aromatic rings. The van der Waals surface area contributed by atoms with Crippen LogP contribution in [0, 0.1) is 24.9 Å². The molecule has 0 atom stereocenters. The van der Waals surface area contributed by atoms with E-state index in [4.69, 9.17) is 18.0 Å². The van der Waals surface area contributed by atoms with E-state index in [9.17, 15) is 0 Å². The van der Waals surface area contributed by atoms with Crippen LogP contribution in [0.5, 0.6) is 0 Å². The number of halogens is 1. The molecular weight excluding hydrogens is 304 g/mol. The average molecular weight is 343 g/mol. The Balaban J connectivity index is -0.0000000536. The van der Waals surface area contributed by atoms with Crippen LogP contribution in [-0.4, -0.2) is 36.2 Å². The molecule has 0 unspecified atom stereocenters. The Labute approximate surface area is 136 Å². The minimum absolute atomic E-state index is 0. The van der Waals surface area contributed by atoms with Gasteiger partial charge in [0.25, 0.3) is 0 Å². The molecule has 2 N–H and O–H groups in total. The number of terminal acetylenes is 2. The summed E-state index contributed by atoms with van der Waals surface area (Å²) in [5, 5.41) is 11.5. The number of unbranched alkanes of at least 4 members (excludes halogenated alkanes) is 3. The van der Waals surface area contributed by atoms with Gasteiger partial charge in [0.05, 0.1) is 0 Å². The second kappa shape index (κ2) is 22.3. The number of rotatable bonds is 10. The van der Waals surface area contributed by atoms with Crippen molar-refractivity contribution in [1.82, 2.24) is 10.2 Å². The van der Waals surface area contributed by atoms with Crippen LogP contribution in [0.25, 0.3) is 0 Å². The van der Waals surface area contributed by atoms with Gasteiger partial charge in [-0.1, -0.05) is 40.5 Å². The molecule has 0 fully saturated rings. The first-order chi connectivity index (χ1) is 7.85. The van der Waals surface area contributed by atoms with Crippen molar-refractivity contribution < 1.29 is 10.8 Å². The third kappa shape index (κ3) is 19.7. The van der Waals surface area contributed by atoms with Crippen molar-refractivity contribution in [2.45, 2.75) is 47.0 Å². The summed E-state index contributed by atoms with van der Waals surface area (Å²) in [6.07, 6.45) is 15.7. The molecule has 0 aliphatic carbocycles. The van der Waals surface area contributed by atoms with E-state index in [1.807, 2.05) is 4.90 Å². The monoisotopic (exact) mass is 342 g/mol. The van der Waals surface area contributed by atoms with E-state index in [2.05, 4.69) is 17.4 Å². The molecular formula is C15H39BrN2O. The van der Waals surface area contributed by atoms with Gasteiger partial charge in [0.15, 0.2) is 0 Å². The molecule has 0 radical (unpaired) electrons. The summed E-state index contributed by atoms with van der Waals surface area (Å²) >= 11 is 0. The van der Waals surface area contributed by atoms with E-state index in [1.165, 1.54) is 12.8 Å². The fourth-order valence-corrected chi connectivity index (χ4v) is 1.44. The molecule has 19 heavy (non-hydrogen) atoms. The maximum atomic E-state index is 8.68. The highest BCUT2D eigenvalue weighted by molar-refractivity contribution is 8.93. The molecule has 4 heteroatoms. The largest absolute Gasteiger partial charge is 0.396 e. The summed E-state index contributed by atoms with van der Waals surface area (Å²) < 4.78 is 0. The van der Waals surface area contributed by atoms with Crippen LogP contribution >= 0.6 is 17.0 Å². The highest BCUT2D eigenvalue weighted by atomic mass is 79.9. The molecule has 0 aromatic carbocycles. The van der Waals surface area contributed by atoms with Crippen molar-refractivity contribution in [3.63, 3.8) is 0 Å². The summed E-state index contributed by atoms with van der Waals surface area (Å²) in [6, 6.07) is 5.03. The molecule has 0 amide bonds. The van der Waals surface area contributed by atoms with E-state index in [1.54, 1.807) is 0 Å². The summed E-state index contributed by atoms with van der Waals surface area (Å²) in [5.41, 5.74) is 0. The predicted octanol–water partition coefficient (Wildman–Crippen LogP) is 3.84. The Morgan fingerprint density at radius 1 is 1.00 bits per heavy atom. The van der Waals surface area contributed by atoms with Gasteiger partial charge in [0, 0.05) is 44.0 Å². The zero-order chi connectivity index (χ0) is 12.1. The van der Waals surface area contributed by atoms with Crippen LogP contribution in [0.15, 0.2) is 0 Å². The maximum Gasteiger partial charge on any atom is 0.0448 e. The predicted molar refractivity (Wildman–Crippen MR) is 99.7 cm³/mol. The third-order valence-electron chi connectivity index (χ3n) is 2.35. The second-order valence-electron chi connectivity index (χ2n) is 3.68. The summed E-state index contributed by atoms with van der Waals surface area (Å²) in [5.74, 6) is 0. The van der Waals surface area contributed by atoms with E-state index in [0.717, 1.165) is 38.9 Å². The van der Waals surface area contributed by atoms with E-state index < -0.39 is 0 Å². The van der Waals surface area contributed by atoms with Gasteiger partial charge in [-0.25, -0.2) is 0 Å². The molecule has 0 heterocycles. The SMILES string of the molecule is Br.C.C.C#CNCCCCCCN(C#C)CCCO.[HH].[HH].[HH].[HH]. The number of nitrogens with one attached hydrogen (secondary N) is 1. The van der Waals surface area contributed by atoms with Gasteiger partial charge in [-0.3, -0.25) is 0 Å². The van der Waals surface area contributed by atoms with Crippen LogP contribution in [-0.2, 0) is 0 Å². The van der Waals surface area contributed by atoms with Crippen molar-refractivity contribution in [3.8, 4) is 24.9 Å². The fourth-order valence-electron chi connectivity index (χ4n) is 1.44. The van der Waals surface area contributed by atoms with Crippen LogP contribution in [0.3, 0.4) is 0 Å². The molecule has 0 spiro atoms. The van der Waals surface area contributed by atoms with Gasteiger partial charge in [-0.05, 0) is 19.3 Å². The zero-order valence-electron chi connectivity index (χ0n) is 10.3. The Morgan fingerprint density at radius 3 is 2.11 bits per heavy atom. The lowest BCUT2D eigenvalue weighted by Crippen LogP contribution is -2.21. The molecule has 0 aromatic heterocycles. The van der Waals surface area contributed by atoms with Gasteiger partial charge in [-0.15, -0.1) is 17.0 Å². The Hall–Kier alpha value is -0.840. The highest BCUT2D eigenvalue weighted by Crippen LogP contribution is 2.01. The van der Waals surface area contributed by atoms with Crippen molar-refractivity contribution in [2.24, 2.45) is 0 Å². The standard InChI is InChI=1S/C13H22N2O.2CH4.BrH.4H2/c1-3-14-10-7-5-6-8-11-15(4-2)12-9-13-16;;;;;;;/h1-2,14,16H,5-13H2;2*1H4;5*1H. The van der Waals surface area contributed by atoms with Crippen molar-refractivity contribution in [3.05, 3.63) is 0 Å². The number of aliphatic hydroxyl groups excluding tert-OH is 1. The van der Waals surface area contributed by atoms with Crippen LogP contribution < -0.4 is 5.32 Å². The van der Waals surface area contributed by atoms with Crippen LogP contribution in [0.4, 0.5) is 0 Å². The van der Waals surface area contributed by atoms with Crippen molar-refractivity contribution in [1.29, 1.82) is 0 Å². The van der Waals surface area contributed by atoms with E-state index in [0.29, 0.717) is 0 Å². The first kappa shape index (κ1) is 26.7. The Bertz CT molecular complexity index is 249. The lowest BCUT2D eigenvalue weighted by Gasteiger charge is -2.16. The van der Waals surface area contributed by atoms with Crippen molar-refractivity contribution in [2.75, 3.05) is 26.2 Å². The first-order valence-electron chi connectivity index (χ1n) is 5.85. The smallest absolute Gasteiger partial charge is 0.0448 e. The molecule has 3 nitrogen and oxygen atoms in total. The highest BCUT2D eigenvalue weighted by Gasteiger charge is 1.98. The number of hydrogen-bond donors (Lipinski definition) is 2. The lowest BCUT2D eigenvalue weighted by molar-refractivity contribution is 0.261. The van der Waals surface area contributed by atoms with Gasteiger partial charge < -0.3 is 15.3 Å². The minimum Gasteiger partial charge on any atom is -0.396 e. The van der Waals surface area contributed by atoms with Gasteiger partial charge in [-0.2, -0.15) is 0 Å². The third-order valence-corrected chi connectivity index (χ3v) is 2.35. The van der Waals surface area contributed by atoms with Gasteiger partial charge >= 0.3 is 0 Å². The molecule has 0 rings (SSSR count). The zero-order valence-corrected chi connectivity index (χ0v) is 12.0. The summed E-state index contributed by atoms with van der Waals surface area (Å²) in [4.78, 5) is 1.93. The lowest BCUT2D eigenvalue weighted by atomic mass is 10.2. The number of nitrogens with zero attached hydrogens (tertiary/aromatic N) is 1. The van der Waals surface area contributed by atoms with Crippen molar-refractivity contribution >= 4 is 17.0 Å². The topological polar surface area (TPSA) is 35.5 Å². The molecule has 122 valence electrons. The quantitative estimate of drug-likeness (QED) is 0.359. The summed E-state index contributed by atoms with van der Waals surface area (Å²) in [6.45, 7) is 2.79.